The summed E-state index contributed by atoms with van der Waals surface area (Å²) in [6.07, 6.45) is 0. The maximum atomic E-state index is 10.5. The Labute approximate surface area is 82.1 Å². The molecule has 0 heterocycles. The van der Waals surface area contributed by atoms with Gasteiger partial charge in [-0.15, -0.1) is 0 Å². The van der Waals surface area contributed by atoms with Gasteiger partial charge in [-0.3, -0.25) is 10.1 Å². The van der Waals surface area contributed by atoms with E-state index < -0.39 is 4.92 Å². The van der Waals surface area contributed by atoms with Crippen LogP contribution in [0.1, 0.15) is 6.92 Å². The third-order valence-corrected chi connectivity index (χ3v) is 1.82. The maximum absolute atomic E-state index is 10.5. The molecule has 5 nitrogen and oxygen atoms in total. The summed E-state index contributed by atoms with van der Waals surface area (Å²) in [6, 6.07) is 6.48. The number of benzene rings is 1. The van der Waals surface area contributed by atoms with Crippen molar-refractivity contribution in [1.82, 2.24) is 0 Å². The lowest BCUT2D eigenvalue weighted by molar-refractivity contribution is -0.384. The molecule has 1 rings (SSSR count). The summed E-state index contributed by atoms with van der Waals surface area (Å²) in [6.45, 7) is 2.40. The van der Waals surface area contributed by atoms with Crippen LogP contribution in [0.4, 0.5) is 11.4 Å². The molecule has 0 radical (unpaired) electrons. The molecule has 1 unspecified atom stereocenters. The standard InChI is InChI=1S/C9H13N3O2/c1-7(6-10)11-8-3-2-4-9(5-8)12(13)14/h2-5,7,11H,6,10H2,1H3. The number of hydrogen-bond donors (Lipinski definition) is 2. The van der Waals surface area contributed by atoms with Crippen molar-refractivity contribution in [3.8, 4) is 0 Å². The first-order valence-electron chi connectivity index (χ1n) is 4.34. The fourth-order valence-corrected chi connectivity index (χ4v) is 1.05. The second-order valence-electron chi connectivity index (χ2n) is 3.09. The van der Waals surface area contributed by atoms with Gasteiger partial charge in [0.15, 0.2) is 0 Å². The van der Waals surface area contributed by atoms with Gasteiger partial charge in [-0.2, -0.15) is 0 Å². The van der Waals surface area contributed by atoms with E-state index in [4.69, 9.17) is 5.73 Å². The molecule has 1 aromatic carbocycles. The second-order valence-corrected chi connectivity index (χ2v) is 3.09. The van der Waals surface area contributed by atoms with Crippen molar-refractivity contribution in [2.75, 3.05) is 11.9 Å². The van der Waals surface area contributed by atoms with Gasteiger partial charge < -0.3 is 11.1 Å². The molecule has 0 bridgehead atoms. The van der Waals surface area contributed by atoms with E-state index in [9.17, 15) is 10.1 Å². The Bertz CT molecular complexity index is 328. The molecular weight excluding hydrogens is 182 g/mol. The van der Waals surface area contributed by atoms with E-state index in [-0.39, 0.29) is 11.7 Å². The van der Waals surface area contributed by atoms with Crippen LogP contribution in [0.5, 0.6) is 0 Å². The largest absolute Gasteiger partial charge is 0.381 e. The fourth-order valence-electron chi connectivity index (χ4n) is 1.05. The lowest BCUT2D eigenvalue weighted by Crippen LogP contribution is -2.25. The lowest BCUT2D eigenvalue weighted by Gasteiger charge is -2.11. The van der Waals surface area contributed by atoms with Crippen LogP contribution >= 0.6 is 0 Å². The topological polar surface area (TPSA) is 81.2 Å². The van der Waals surface area contributed by atoms with Gasteiger partial charge >= 0.3 is 0 Å². The maximum Gasteiger partial charge on any atom is 0.271 e. The highest BCUT2D eigenvalue weighted by Crippen LogP contribution is 2.17. The molecule has 0 amide bonds. The van der Waals surface area contributed by atoms with Gasteiger partial charge in [-0.1, -0.05) is 6.07 Å². The average molecular weight is 195 g/mol. The zero-order valence-corrected chi connectivity index (χ0v) is 7.93. The number of non-ortho nitro benzene ring substituents is 1. The molecule has 14 heavy (non-hydrogen) atoms. The van der Waals surface area contributed by atoms with E-state index >= 15 is 0 Å². The number of nitrogens with one attached hydrogen (secondary N) is 1. The number of hydrogen-bond acceptors (Lipinski definition) is 4. The van der Waals surface area contributed by atoms with Crippen molar-refractivity contribution < 1.29 is 4.92 Å². The minimum absolute atomic E-state index is 0.0826. The lowest BCUT2D eigenvalue weighted by atomic mass is 10.2. The summed E-state index contributed by atoms with van der Waals surface area (Å²) in [7, 11) is 0. The van der Waals surface area contributed by atoms with Gasteiger partial charge in [0.1, 0.15) is 0 Å². The molecule has 0 aliphatic rings. The normalized spacial score (nSPS) is 12.1. The van der Waals surface area contributed by atoms with Crippen LogP contribution in [0.2, 0.25) is 0 Å². The molecule has 0 spiro atoms. The van der Waals surface area contributed by atoms with Crippen LogP contribution in [-0.2, 0) is 0 Å². The molecule has 0 fully saturated rings. The predicted octanol–water partition coefficient (Wildman–Crippen LogP) is 1.35. The zero-order valence-electron chi connectivity index (χ0n) is 7.93. The Morgan fingerprint density at radius 1 is 1.64 bits per heavy atom. The third-order valence-electron chi connectivity index (χ3n) is 1.82. The van der Waals surface area contributed by atoms with Gasteiger partial charge in [-0.25, -0.2) is 0 Å². The molecule has 0 aromatic heterocycles. The minimum atomic E-state index is -0.418. The highest BCUT2D eigenvalue weighted by atomic mass is 16.6. The fraction of sp³-hybridized carbons (Fsp3) is 0.333. The van der Waals surface area contributed by atoms with Crippen LogP contribution in [0.3, 0.4) is 0 Å². The third kappa shape index (κ3) is 2.70. The van der Waals surface area contributed by atoms with Crippen LogP contribution in [0, 0.1) is 10.1 Å². The molecule has 5 heteroatoms. The summed E-state index contributed by atoms with van der Waals surface area (Å²) >= 11 is 0. The smallest absolute Gasteiger partial charge is 0.271 e. The average Bonchev–Trinajstić information content (AvgIpc) is 2.18. The zero-order chi connectivity index (χ0) is 10.6. The van der Waals surface area contributed by atoms with Crippen molar-refractivity contribution >= 4 is 11.4 Å². The van der Waals surface area contributed by atoms with E-state index in [1.165, 1.54) is 12.1 Å². The van der Waals surface area contributed by atoms with Crippen molar-refractivity contribution in [1.29, 1.82) is 0 Å². The van der Waals surface area contributed by atoms with E-state index in [1.807, 2.05) is 6.92 Å². The van der Waals surface area contributed by atoms with Gasteiger partial charge in [0.25, 0.3) is 5.69 Å². The Morgan fingerprint density at radius 3 is 2.93 bits per heavy atom. The summed E-state index contributed by atoms with van der Waals surface area (Å²) < 4.78 is 0. The molecule has 0 saturated heterocycles. The highest BCUT2D eigenvalue weighted by Gasteiger charge is 2.06. The van der Waals surface area contributed by atoms with Crippen LogP contribution < -0.4 is 11.1 Å². The first-order valence-corrected chi connectivity index (χ1v) is 4.34. The van der Waals surface area contributed by atoms with E-state index in [1.54, 1.807) is 12.1 Å². The van der Waals surface area contributed by atoms with Gasteiger partial charge in [-0.05, 0) is 13.0 Å². The SMILES string of the molecule is CC(CN)Nc1cccc([N+](=O)[O-])c1. The van der Waals surface area contributed by atoms with E-state index in [2.05, 4.69) is 5.32 Å². The quantitative estimate of drug-likeness (QED) is 0.561. The number of nitro groups is 1. The van der Waals surface area contributed by atoms with Crippen molar-refractivity contribution in [3.63, 3.8) is 0 Å². The molecular formula is C9H13N3O2. The number of anilines is 1. The van der Waals surface area contributed by atoms with Crippen LogP contribution in [0.15, 0.2) is 24.3 Å². The Balaban J connectivity index is 2.78. The number of nitrogens with two attached hydrogens (primary N) is 1. The van der Waals surface area contributed by atoms with Gasteiger partial charge in [0.2, 0.25) is 0 Å². The van der Waals surface area contributed by atoms with Crippen molar-refractivity contribution in [3.05, 3.63) is 34.4 Å². The van der Waals surface area contributed by atoms with Crippen LogP contribution in [0.25, 0.3) is 0 Å². The first kappa shape index (κ1) is 10.5. The monoisotopic (exact) mass is 195 g/mol. The summed E-state index contributed by atoms with van der Waals surface area (Å²) in [5.41, 5.74) is 6.22. The van der Waals surface area contributed by atoms with Crippen molar-refractivity contribution in [2.45, 2.75) is 13.0 Å². The number of nitrogens with zero attached hydrogens (tertiary/aromatic N) is 1. The molecule has 76 valence electrons. The van der Waals surface area contributed by atoms with E-state index in [0.29, 0.717) is 6.54 Å². The highest BCUT2D eigenvalue weighted by molar-refractivity contribution is 5.51. The van der Waals surface area contributed by atoms with E-state index in [0.717, 1.165) is 5.69 Å². The second kappa shape index (κ2) is 4.57. The van der Waals surface area contributed by atoms with Gasteiger partial charge in [0.05, 0.1) is 4.92 Å². The first-order chi connectivity index (χ1) is 6.63. The van der Waals surface area contributed by atoms with Gasteiger partial charge in [0, 0.05) is 30.4 Å². The summed E-state index contributed by atoms with van der Waals surface area (Å²) in [5.74, 6) is 0. The summed E-state index contributed by atoms with van der Waals surface area (Å²) in [4.78, 5) is 10.0. The molecule has 0 aliphatic heterocycles. The minimum Gasteiger partial charge on any atom is -0.381 e. The molecule has 0 saturated carbocycles. The number of nitro benzene ring substituents is 1. The predicted molar refractivity (Wildman–Crippen MR) is 55.2 cm³/mol. The van der Waals surface area contributed by atoms with Crippen molar-refractivity contribution in [2.24, 2.45) is 5.73 Å². The molecule has 0 aliphatic carbocycles. The Kier molecular flexibility index (Phi) is 3.41. The van der Waals surface area contributed by atoms with Crippen LogP contribution in [-0.4, -0.2) is 17.5 Å². The molecule has 3 N–H and O–H groups in total. The Morgan fingerprint density at radius 2 is 2.36 bits per heavy atom. The summed E-state index contributed by atoms with van der Waals surface area (Å²) in [5, 5.41) is 13.5. The molecule has 1 atom stereocenters. The number of rotatable bonds is 4. The molecule has 1 aromatic rings. The Hall–Kier alpha value is -1.62.